The van der Waals surface area contributed by atoms with E-state index in [2.05, 4.69) is 20.6 Å². The number of fused-ring (bicyclic) bond motifs is 1. The second-order valence-corrected chi connectivity index (χ2v) is 9.20. The highest BCUT2D eigenvalue weighted by molar-refractivity contribution is 5.84. The number of nitrogens with zero attached hydrogens (tertiary/aromatic N) is 3. The summed E-state index contributed by atoms with van der Waals surface area (Å²) in [6.07, 6.45) is -5.44. The monoisotopic (exact) mass is 529 g/mol. The van der Waals surface area contributed by atoms with Crippen molar-refractivity contribution in [1.29, 1.82) is 0 Å². The Morgan fingerprint density at radius 1 is 1.05 bits per heavy atom. The van der Waals surface area contributed by atoms with Gasteiger partial charge >= 0.3 is 12.3 Å². The number of amides is 1. The molecule has 9 nitrogen and oxygen atoms in total. The zero-order valence-corrected chi connectivity index (χ0v) is 20.6. The summed E-state index contributed by atoms with van der Waals surface area (Å²) in [4.78, 5) is 23.3. The van der Waals surface area contributed by atoms with Gasteiger partial charge in [-0.1, -0.05) is 18.2 Å². The fraction of sp³-hybridized carbons (Fsp3) is 0.346. The highest BCUT2D eigenvalue weighted by Gasteiger charge is 2.49. The number of aromatic nitrogens is 2. The summed E-state index contributed by atoms with van der Waals surface area (Å²) < 4.78 is 55.9. The van der Waals surface area contributed by atoms with E-state index in [-0.39, 0.29) is 24.9 Å². The maximum Gasteiger partial charge on any atom is 0.416 e. The SMILES string of the molecule is CN(C)c1ccc(-c2ccnc(N[C@H]3CO[C@H]4[C@@H]3OC[C@H]4OC(=O)Nc3cccc(C(F)(F)F)c3)n2)cc1. The van der Waals surface area contributed by atoms with Crippen LogP contribution in [0.3, 0.4) is 0 Å². The lowest BCUT2D eigenvalue weighted by Crippen LogP contribution is -2.38. The highest BCUT2D eigenvalue weighted by atomic mass is 19.4. The molecule has 2 aromatic carbocycles. The first kappa shape index (κ1) is 25.7. The Hall–Kier alpha value is -3.90. The largest absolute Gasteiger partial charge is 0.441 e. The summed E-state index contributed by atoms with van der Waals surface area (Å²) in [5.74, 6) is 0.406. The minimum absolute atomic E-state index is 0.0273. The highest BCUT2D eigenvalue weighted by Crippen LogP contribution is 2.32. The molecule has 12 heteroatoms. The van der Waals surface area contributed by atoms with Crippen molar-refractivity contribution in [3.63, 3.8) is 0 Å². The quantitative estimate of drug-likeness (QED) is 0.484. The van der Waals surface area contributed by atoms with Gasteiger partial charge in [-0.25, -0.2) is 14.8 Å². The van der Waals surface area contributed by atoms with Crippen LogP contribution in [0.2, 0.25) is 0 Å². The number of rotatable bonds is 6. The smallest absolute Gasteiger partial charge is 0.416 e. The third-order valence-electron chi connectivity index (χ3n) is 6.35. The summed E-state index contributed by atoms with van der Waals surface area (Å²) in [5.41, 5.74) is 1.88. The fourth-order valence-electron chi connectivity index (χ4n) is 4.43. The van der Waals surface area contributed by atoms with Gasteiger partial charge in [-0.2, -0.15) is 13.2 Å². The lowest BCUT2D eigenvalue weighted by atomic mass is 10.1. The van der Waals surface area contributed by atoms with E-state index in [1.807, 2.05) is 49.3 Å². The molecule has 0 spiro atoms. The maximum atomic E-state index is 12.9. The molecule has 3 aromatic rings. The Labute approximate surface area is 216 Å². The molecule has 2 aliphatic rings. The molecular formula is C26H26F3N5O4. The second kappa shape index (κ2) is 10.5. The average Bonchev–Trinajstić information content (AvgIpc) is 3.47. The zero-order valence-electron chi connectivity index (χ0n) is 20.6. The van der Waals surface area contributed by atoms with Crippen LogP contribution in [-0.2, 0) is 20.4 Å². The maximum absolute atomic E-state index is 12.9. The van der Waals surface area contributed by atoms with Crippen LogP contribution in [0, 0.1) is 0 Å². The van der Waals surface area contributed by atoms with Crippen LogP contribution < -0.4 is 15.5 Å². The number of nitrogens with one attached hydrogen (secondary N) is 2. The first-order valence-corrected chi connectivity index (χ1v) is 11.9. The van der Waals surface area contributed by atoms with Crippen LogP contribution in [0.25, 0.3) is 11.3 Å². The molecule has 1 amide bonds. The van der Waals surface area contributed by atoms with Gasteiger partial charge in [0.05, 0.1) is 30.5 Å². The van der Waals surface area contributed by atoms with E-state index in [1.54, 1.807) is 6.20 Å². The summed E-state index contributed by atoms with van der Waals surface area (Å²) in [7, 11) is 3.95. The number of carbonyl (C=O) groups excluding carboxylic acids is 1. The molecule has 4 atom stereocenters. The third-order valence-corrected chi connectivity index (χ3v) is 6.35. The van der Waals surface area contributed by atoms with Crippen molar-refractivity contribution in [2.75, 3.05) is 42.8 Å². The lowest BCUT2D eigenvalue weighted by Gasteiger charge is -2.18. The molecule has 0 bridgehead atoms. The van der Waals surface area contributed by atoms with Crippen molar-refractivity contribution in [1.82, 2.24) is 9.97 Å². The molecule has 1 aromatic heterocycles. The number of hydrogen-bond acceptors (Lipinski definition) is 8. The van der Waals surface area contributed by atoms with Gasteiger partial charge in [0.15, 0.2) is 6.10 Å². The Morgan fingerprint density at radius 3 is 2.55 bits per heavy atom. The van der Waals surface area contributed by atoms with Crippen LogP contribution in [0.5, 0.6) is 0 Å². The van der Waals surface area contributed by atoms with Gasteiger partial charge in [0, 0.05) is 37.2 Å². The predicted molar refractivity (Wildman–Crippen MR) is 134 cm³/mol. The average molecular weight is 530 g/mol. The van der Waals surface area contributed by atoms with Crippen LogP contribution >= 0.6 is 0 Å². The van der Waals surface area contributed by atoms with Gasteiger partial charge < -0.3 is 24.4 Å². The first-order valence-electron chi connectivity index (χ1n) is 11.9. The van der Waals surface area contributed by atoms with Crippen molar-refractivity contribution in [2.24, 2.45) is 0 Å². The van der Waals surface area contributed by atoms with Crippen molar-refractivity contribution >= 4 is 23.4 Å². The molecule has 0 unspecified atom stereocenters. The Bertz CT molecular complexity index is 1290. The third kappa shape index (κ3) is 5.65. The number of benzene rings is 2. The molecular weight excluding hydrogens is 503 g/mol. The number of carbonyl (C=O) groups is 1. The fourth-order valence-corrected chi connectivity index (χ4v) is 4.43. The van der Waals surface area contributed by atoms with Gasteiger partial charge in [-0.15, -0.1) is 0 Å². The van der Waals surface area contributed by atoms with Gasteiger partial charge in [0.1, 0.15) is 12.2 Å². The summed E-state index contributed by atoms with van der Waals surface area (Å²) in [6.45, 7) is 0.359. The first-order chi connectivity index (χ1) is 18.2. The van der Waals surface area contributed by atoms with E-state index in [9.17, 15) is 18.0 Å². The zero-order chi connectivity index (χ0) is 26.9. The second-order valence-electron chi connectivity index (χ2n) is 9.20. The molecule has 5 rings (SSSR count). The van der Waals surface area contributed by atoms with Gasteiger partial charge in [-0.05, 0) is 36.4 Å². The summed E-state index contributed by atoms with van der Waals surface area (Å²) in [6, 6.07) is 13.9. The molecule has 2 N–H and O–H groups in total. The van der Waals surface area contributed by atoms with Crippen LogP contribution in [0.4, 0.5) is 35.3 Å². The standard InChI is InChI=1S/C26H26F3N5O4/c1-34(2)18-8-6-15(7-9-18)19-10-11-30-24(32-19)33-20-13-36-23-21(14-37-22(20)23)38-25(35)31-17-5-3-4-16(12-17)26(27,28)29/h3-12,20-23H,13-14H2,1-2H3,(H,31,35)(H,30,32,33)/t20-,21+,22+,23+/m0/s1. The van der Waals surface area contributed by atoms with Crippen LogP contribution in [-0.4, -0.2) is 67.7 Å². The summed E-state index contributed by atoms with van der Waals surface area (Å²) >= 11 is 0. The minimum Gasteiger partial charge on any atom is -0.441 e. The Morgan fingerprint density at radius 2 is 1.82 bits per heavy atom. The minimum atomic E-state index is -4.52. The van der Waals surface area contributed by atoms with E-state index in [0.29, 0.717) is 5.95 Å². The molecule has 38 heavy (non-hydrogen) atoms. The van der Waals surface area contributed by atoms with E-state index in [0.717, 1.165) is 29.1 Å². The molecule has 2 saturated heterocycles. The number of anilines is 3. The van der Waals surface area contributed by atoms with E-state index in [4.69, 9.17) is 14.2 Å². The molecule has 200 valence electrons. The van der Waals surface area contributed by atoms with E-state index in [1.165, 1.54) is 12.1 Å². The van der Waals surface area contributed by atoms with Crippen LogP contribution in [0.1, 0.15) is 5.56 Å². The Balaban J connectivity index is 1.18. The van der Waals surface area contributed by atoms with E-state index >= 15 is 0 Å². The molecule has 3 heterocycles. The number of hydrogen-bond donors (Lipinski definition) is 2. The molecule has 2 aliphatic heterocycles. The molecule has 0 saturated carbocycles. The van der Waals surface area contributed by atoms with Crippen molar-refractivity contribution in [2.45, 2.75) is 30.5 Å². The van der Waals surface area contributed by atoms with Crippen LogP contribution in [0.15, 0.2) is 60.8 Å². The summed E-state index contributed by atoms with van der Waals surface area (Å²) in [5, 5.41) is 5.58. The topological polar surface area (TPSA) is 97.8 Å². The number of ether oxygens (including phenoxy) is 3. The van der Waals surface area contributed by atoms with Crippen molar-refractivity contribution in [3.8, 4) is 11.3 Å². The molecule has 0 radical (unpaired) electrons. The Kier molecular flexibility index (Phi) is 7.09. The van der Waals surface area contributed by atoms with Gasteiger partial charge in [0.2, 0.25) is 5.95 Å². The van der Waals surface area contributed by atoms with Crippen molar-refractivity contribution in [3.05, 3.63) is 66.4 Å². The molecule has 2 fully saturated rings. The van der Waals surface area contributed by atoms with E-state index < -0.39 is 36.1 Å². The predicted octanol–water partition coefficient (Wildman–Crippen LogP) is 4.42. The molecule has 0 aliphatic carbocycles. The normalized spacial score (nSPS) is 22.6. The van der Waals surface area contributed by atoms with Gasteiger partial charge in [-0.3, -0.25) is 5.32 Å². The van der Waals surface area contributed by atoms with Gasteiger partial charge in [0.25, 0.3) is 0 Å². The number of halogens is 3. The van der Waals surface area contributed by atoms with Crippen molar-refractivity contribution < 1.29 is 32.2 Å². The lowest BCUT2D eigenvalue weighted by molar-refractivity contribution is -0.137. The number of alkyl halides is 3.